The lowest BCUT2D eigenvalue weighted by Gasteiger charge is -2.14. The van der Waals surface area contributed by atoms with Gasteiger partial charge in [-0.15, -0.1) is 0 Å². The third-order valence-electron chi connectivity index (χ3n) is 2.95. The van der Waals surface area contributed by atoms with E-state index in [1.54, 1.807) is 12.1 Å². The molecule has 4 N–H and O–H groups in total. The topological polar surface area (TPSA) is 85.3 Å². The Kier molecular flexibility index (Phi) is 4.19. The standard InChI is InChI=1S/C14H17N2O3/c1-2-7-15-8-12(18)9-3-5-11(17)14-10(9)4-6-13(19)16-14/h2-6,12,15,17-18H,7-8H2,1H3,(H,16,19)/t12-/m0/s1. The van der Waals surface area contributed by atoms with E-state index in [-0.39, 0.29) is 11.3 Å². The highest BCUT2D eigenvalue weighted by Crippen LogP contribution is 2.28. The summed E-state index contributed by atoms with van der Waals surface area (Å²) in [5.74, 6) is -0.00139. The fourth-order valence-electron chi connectivity index (χ4n) is 2.02. The van der Waals surface area contributed by atoms with Crippen molar-refractivity contribution in [3.8, 4) is 5.75 Å². The lowest BCUT2D eigenvalue weighted by Crippen LogP contribution is -2.22. The minimum atomic E-state index is -0.700. The molecule has 0 saturated heterocycles. The van der Waals surface area contributed by atoms with Crippen LogP contribution in [0, 0.1) is 6.42 Å². The molecule has 0 aliphatic heterocycles. The first-order valence-electron chi connectivity index (χ1n) is 6.15. The number of hydrogen-bond acceptors (Lipinski definition) is 4. The number of hydrogen-bond donors (Lipinski definition) is 4. The van der Waals surface area contributed by atoms with Gasteiger partial charge in [-0.1, -0.05) is 13.0 Å². The fraction of sp³-hybridized carbons (Fsp3) is 0.286. The van der Waals surface area contributed by atoms with Crippen molar-refractivity contribution in [3.05, 3.63) is 46.6 Å². The molecule has 1 atom stereocenters. The summed E-state index contributed by atoms with van der Waals surface area (Å²) in [4.78, 5) is 13.9. The number of aliphatic hydroxyl groups is 1. The summed E-state index contributed by atoms with van der Waals surface area (Å²) in [7, 11) is 0. The number of phenols is 1. The van der Waals surface area contributed by atoms with Gasteiger partial charge >= 0.3 is 0 Å². The summed E-state index contributed by atoms with van der Waals surface area (Å²) in [5, 5.41) is 23.6. The Morgan fingerprint density at radius 2 is 2.16 bits per heavy atom. The number of aromatic hydroxyl groups is 1. The van der Waals surface area contributed by atoms with Gasteiger partial charge in [0.2, 0.25) is 5.56 Å². The average Bonchev–Trinajstić information content (AvgIpc) is 2.40. The second-order valence-corrected chi connectivity index (χ2v) is 4.37. The van der Waals surface area contributed by atoms with Gasteiger partial charge in [-0.05, 0) is 30.7 Å². The van der Waals surface area contributed by atoms with E-state index in [0.29, 0.717) is 29.6 Å². The monoisotopic (exact) mass is 261 g/mol. The van der Waals surface area contributed by atoms with Crippen molar-refractivity contribution >= 4 is 10.9 Å². The van der Waals surface area contributed by atoms with E-state index in [9.17, 15) is 15.0 Å². The van der Waals surface area contributed by atoms with Crippen LogP contribution in [0.5, 0.6) is 5.75 Å². The number of phenolic OH excluding ortho intramolecular Hbond substituents is 1. The molecule has 19 heavy (non-hydrogen) atoms. The van der Waals surface area contributed by atoms with E-state index in [2.05, 4.69) is 10.3 Å². The van der Waals surface area contributed by atoms with Gasteiger partial charge in [0.15, 0.2) is 0 Å². The van der Waals surface area contributed by atoms with Crippen molar-refractivity contribution in [2.45, 2.75) is 13.0 Å². The van der Waals surface area contributed by atoms with Crippen LogP contribution in [-0.2, 0) is 0 Å². The zero-order valence-electron chi connectivity index (χ0n) is 10.7. The second kappa shape index (κ2) is 5.86. The molecule has 5 nitrogen and oxygen atoms in total. The molecular formula is C14H17N2O3. The minimum Gasteiger partial charge on any atom is -0.506 e. The summed E-state index contributed by atoms with van der Waals surface area (Å²) in [6, 6.07) is 6.13. The van der Waals surface area contributed by atoms with E-state index < -0.39 is 6.10 Å². The number of aromatic nitrogens is 1. The summed E-state index contributed by atoms with van der Waals surface area (Å²) in [6.07, 6.45) is 1.26. The first-order chi connectivity index (χ1) is 9.13. The van der Waals surface area contributed by atoms with E-state index in [4.69, 9.17) is 0 Å². The van der Waals surface area contributed by atoms with E-state index in [1.807, 2.05) is 13.3 Å². The SMILES string of the molecule is C[CH]CNC[C@H](O)c1ccc(O)c2[nH]c(=O)ccc12. The molecule has 1 aromatic carbocycles. The molecule has 0 unspecified atom stereocenters. The van der Waals surface area contributed by atoms with Crippen LogP contribution in [0.3, 0.4) is 0 Å². The van der Waals surface area contributed by atoms with Crippen molar-refractivity contribution < 1.29 is 10.2 Å². The van der Waals surface area contributed by atoms with Gasteiger partial charge in [-0.3, -0.25) is 4.79 Å². The number of rotatable bonds is 5. The smallest absolute Gasteiger partial charge is 0.248 e. The van der Waals surface area contributed by atoms with Crippen LogP contribution < -0.4 is 10.9 Å². The summed E-state index contributed by atoms with van der Waals surface area (Å²) in [5.41, 5.74) is 0.743. The van der Waals surface area contributed by atoms with Crippen LogP contribution in [0.4, 0.5) is 0 Å². The normalized spacial score (nSPS) is 12.7. The summed E-state index contributed by atoms with van der Waals surface area (Å²) >= 11 is 0. The van der Waals surface area contributed by atoms with Crippen LogP contribution >= 0.6 is 0 Å². The maximum absolute atomic E-state index is 11.3. The highest BCUT2D eigenvalue weighted by Gasteiger charge is 2.13. The summed E-state index contributed by atoms with van der Waals surface area (Å²) < 4.78 is 0. The second-order valence-electron chi connectivity index (χ2n) is 4.37. The van der Waals surface area contributed by atoms with Crippen LogP contribution in [-0.4, -0.2) is 28.3 Å². The number of nitrogens with one attached hydrogen (secondary N) is 2. The molecule has 1 heterocycles. The Hall–Kier alpha value is -1.85. The van der Waals surface area contributed by atoms with E-state index in [0.717, 1.165) is 0 Å². The van der Waals surface area contributed by atoms with Crippen LogP contribution in [0.15, 0.2) is 29.1 Å². The third kappa shape index (κ3) is 2.94. The zero-order chi connectivity index (χ0) is 13.8. The molecule has 5 heteroatoms. The molecule has 2 rings (SSSR count). The van der Waals surface area contributed by atoms with Crippen molar-refractivity contribution in [2.24, 2.45) is 0 Å². The zero-order valence-corrected chi connectivity index (χ0v) is 10.7. The molecule has 0 spiro atoms. The maximum Gasteiger partial charge on any atom is 0.248 e. The maximum atomic E-state index is 11.3. The number of aliphatic hydroxyl groups excluding tert-OH is 1. The van der Waals surface area contributed by atoms with E-state index >= 15 is 0 Å². The van der Waals surface area contributed by atoms with Gasteiger partial charge in [0.1, 0.15) is 5.75 Å². The predicted octanol–water partition coefficient (Wildman–Crippen LogP) is 1.08. The van der Waals surface area contributed by atoms with Gasteiger partial charge in [0.05, 0.1) is 11.6 Å². The Balaban J connectivity index is 2.38. The molecule has 1 aromatic heterocycles. The Morgan fingerprint density at radius 3 is 2.89 bits per heavy atom. The molecule has 101 valence electrons. The van der Waals surface area contributed by atoms with Gasteiger partial charge in [0.25, 0.3) is 0 Å². The van der Waals surface area contributed by atoms with Gasteiger partial charge < -0.3 is 20.5 Å². The first-order valence-corrected chi connectivity index (χ1v) is 6.15. The van der Waals surface area contributed by atoms with Crippen molar-refractivity contribution in [1.29, 1.82) is 0 Å². The average molecular weight is 261 g/mol. The number of H-pyrrole nitrogens is 1. The fourth-order valence-corrected chi connectivity index (χ4v) is 2.02. The van der Waals surface area contributed by atoms with Crippen LogP contribution in [0.1, 0.15) is 18.6 Å². The predicted molar refractivity (Wildman–Crippen MR) is 74.0 cm³/mol. The highest BCUT2D eigenvalue weighted by molar-refractivity contribution is 5.87. The molecule has 0 saturated carbocycles. The molecule has 0 aliphatic carbocycles. The van der Waals surface area contributed by atoms with Crippen molar-refractivity contribution in [3.63, 3.8) is 0 Å². The lowest BCUT2D eigenvalue weighted by molar-refractivity contribution is 0.177. The molecule has 2 aromatic rings. The molecule has 0 bridgehead atoms. The molecule has 0 aliphatic rings. The Labute approximate surface area is 110 Å². The van der Waals surface area contributed by atoms with Crippen LogP contribution in [0.2, 0.25) is 0 Å². The van der Waals surface area contributed by atoms with Gasteiger partial charge in [0, 0.05) is 18.0 Å². The Bertz CT molecular complexity index is 622. The quantitative estimate of drug-likeness (QED) is 0.607. The highest BCUT2D eigenvalue weighted by atomic mass is 16.3. The number of aromatic amines is 1. The molecule has 0 fully saturated rings. The molecular weight excluding hydrogens is 244 g/mol. The Morgan fingerprint density at radius 1 is 1.37 bits per heavy atom. The van der Waals surface area contributed by atoms with Gasteiger partial charge in [-0.25, -0.2) is 0 Å². The molecule has 0 amide bonds. The van der Waals surface area contributed by atoms with Crippen LogP contribution in [0.25, 0.3) is 10.9 Å². The molecule has 1 radical (unpaired) electrons. The number of fused-ring (bicyclic) bond motifs is 1. The lowest BCUT2D eigenvalue weighted by atomic mass is 10.0. The largest absolute Gasteiger partial charge is 0.506 e. The number of pyridine rings is 1. The number of benzene rings is 1. The minimum absolute atomic E-state index is 0.00139. The third-order valence-corrected chi connectivity index (χ3v) is 2.95. The van der Waals surface area contributed by atoms with E-state index in [1.165, 1.54) is 12.1 Å². The van der Waals surface area contributed by atoms with Crippen molar-refractivity contribution in [1.82, 2.24) is 10.3 Å². The van der Waals surface area contributed by atoms with Crippen molar-refractivity contribution in [2.75, 3.05) is 13.1 Å². The van der Waals surface area contributed by atoms with Gasteiger partial charge in [-0.2, -0.15) is 0 Å². The first kappa shape index (κ1) is 13.6. The summed E-state index contributed by atoms with van der Waals surface area (Å²) in [6.45, 7) is 3.05.